The highest BCUT2D eigenvalue weighted by molar-refractivity contribution is 5.97. The molecule has 5 heteroatoms. The molecule has 0 aliphatic heterocycles. The van der Waals surface area contributed by atoms with Crippen molar-refractivity contribution in [3.8, 4) is 11.6 Å². The molecular weight excluding hydrogens is 326 g/mol. The van der Waals surface area contributed by atoms with Crippen LogP contribution in [0.1, 0.15) is 15.9 Å². The zero-order valence-corrected chi connectivity index (χ0v) is 14.0. The van der Waals surface area contributed by atoms with Crippen molar-refractivity contribution in [2.75, 3.05) is 0 Å². The summed E-state index contributed by atoms with van der Waals surface area (Å²) in [5, 5.41) is 4.02. The van der Waals surface area contributed by atoms with Crippen molar-refractivity contribution in [2.24, 2.45) is 0 Å². The highest BCUT2D eigenvalue weighted by Gasteiger charge is 2.07. The van der Waals surface area contributed by atoms with E-state index in [-0.39, 0.29) is 5.91 Å². The average molecular weight is 343 g/mol. The Morgan fingerprint density at radius 2 is 2.00 bits per heavy atom. The van der Waals surface area contributed by atoms with Crippen LogP contribution in [0, 0.1) is 0 Å². The highest BCUT2D eigenvalue weighted by Crippen LogP contribution is 2.20. The predicted molar refractivity (Wildman–Crippen MR) is 100 cm³/mol. The van der Waals surface area contributed by atoms with Gasteiger partial charge in [-0.3, -0.25) is 4.79 Å². The molecule has 0 saturated heterocycles. The van der Waals surface area contributed by atoms with E-state index in [0.717, 1.165) is 16.5 Å². The van der Waals surface area contributed by atoms with Gasteiger partial charge >= 0.3 is 0 Å². The number of carbonyl (C=O) groups is 1. The number of H-pyrrole nitrogens is 1. The quantitative estimate of drug-likeness (QED) is 0.568. The number of aromatic nitrogens is 2. The van der Waals surface area contributed by atoms with E-state index >= 15 is 0 Å². The SMILES string of the molecule is O=C(NCc1cccc(Oc2ccccn2)c1)c1ccc2cc[nH]c2c1. The molecule has 0 unspecified atom stereocenters. The number of rotatable bonds is 5. The lowest BCUT2D eigenvalue weighted by atomic mass is 10.1. The van der Waals surface area contributed by atoms with Gasteiger partial charge < -0.3 is 15.0 Å². The molecule has 2 heterocycles. The lowest BCUT2D eigenvalue weighted by molar-refractivity contribution is 0.0951. The van der Waals surface area contributed by atoms with Crippen molar-refractivity contribution < 1.29 is 9.53 Å². The van der Waals surface area contributed by atoms with Gasteiger partial charge in [0.25, 0.3) is 5.91 Å². The molecule has 1 amide bonds. The van der Waals surface area contributed by atoms with Crippen molar-refractivity contribution in [1.82, 2.24) is 15.3 Å². The third-order valence-electron chi connectivity index (χ3n) is 4.03. The van der Waals surface area contributed by atoms with E-state index in [2.05, 4.69) is 15.3 Å². The Morgan fingerprint density at radius 3 is 2.88 bits per heavy atom. The van der Waals surface area contributed by atoms with E-state index in [4.69, 9.17) is 4.74 Å². The van der Waals surface area contributed by atoms with Crippen LogP contribution in [0.15, 0.2) is 79.1 Å². The first-order valence-corrected chi connectivity index (χ1v) is 8.31. The number of pyridine rings is 1. The molecule has 2 aromatic heterocycles. The van der Waals surface area contributed by atoms with Crippen molar-refractivity contribution in [1.29, 1.82) is 0 Å². The maximum absolute atomic E-state index is 12.4. The number of carbonyl (C=O) groups excluding carboxylic acids is 1. The van der Waals surface area contributed by atoms with Gasteiger partial charge in [0.05, 0.1) is 0 Å². The van der Waals surface area contributed by atoms with Crippen LogP contribution in [0.3, 0.4) is 0 Å². The first-order chi connectivity index (χ1) is 12.8. The lowest BCUT2D eigenvalue weighted by Gasteiger charge is -2.08. The van der Waals surface area contributed by atoms with Gasteiger partial charge in [-0.1, -0.05) is 24.3 Å². The van der Waals surface area contributed by atoms with E-state index in [0.29, 0.717) is 23.7 Å². The second-order valence-electron chi connectivity index (χ2n) is 5.88. The third kappa shape index (κ3) is 3.57. The largest absolute Gasteiger partial charge is 0.439 e. The molecule has 0 bridgehead atoms. The first-order valence-electron chi connectivity index (χ1n) is 8.31. The van der Waals surface area contributed by atoms with Gasteiger partial charge in [-0.25, -0.2) is 4.98 Å². The second kappa shape index (κ2) is 7.11. The topological polar surface area (TPSA) is 67.0 Å². The number of hydrogen-bond acceptors (Lipinski definition) is 3. The summed E-state index contributed by atoms with van der Waals surface area (Å²) >= 11 is 0. The van der Waals surface area contributed by atoms with Gasteiger partial charge in [-0.15, -0.1) is 0 Å². The highest BCUT2D eigenvalue weighted by atomic mass is 16.5. The summed E-state index contributed by atoms with van der Waals surface area (Å²) in [6.07, 6.45) is 3.54. The monoisotopic (exact) mass is 343 g/mol. The molecular formula is C21H17N3O2. The Morgan fingerprint density at radius 1 is 1.04 bits per heavy atom. The fraction of sp³-hybridized carbons (Fsp3) is 0.0476. The van der Waals surface area contributed by atoms with Crippen LogP contribution in [0.4, 0.5) is 0 Å². The smallest absolute Gasteiger partial charge is 0.251 e. The van der Waals surface area contributed by atoms with Gasteiger partial charge in [0.1, 0.15) is 5.75 Å². The first kappa shape index (κ1) is 15.9. The van der Waals surface area contributed by atoms with Crippen LogP contribution in [-0.2, 0) is 6.54 Å². The molecule has 0 spiro atoms. The summed E-state index contributed by atoms with van der Waals surface area (Å²) in [5.41, 5.74) is 2.52. The average Bonchev–Trinajstić information content (AvgIpc) is 3.15. The maximum Gasteiger partial charge on any atom is 0.251 e. The fourth-order valence-electron chi connectivity index (χ4n) is 2.72. The zero-order chi connectivity index (χ0) is 17.8. The fourth-order valence-corrected chi connectivity index (χ4v) is 2.72. The molecule has 128 valence electrons. The summed E-state index contributed by atoms with van der Waals surface area (Å²) in [4.78, 5) is 19.7. The Bertz CT molecular complexity index is 1040. The van der Waals surface area contributed by atoms with Crippen LogP contribution in [0.2, 0.25) is 0 Å². The maximum atomic E-state index is 12.4. The third-order valence-corrected chi connectivity index (χ3v) is 4.03. The number of nitrogens with zero attached hydrogens (tertiary/aromatic N) is 1. The van der Waals surface area contributed by atoms with E-state index in [1.807, 2.05) is 66.9 Å². The number of ether oxygens (including phenoxy) is 1. The molecule has 0 saturated carbocycles. The molecule has 4 aromatic rings. The van der Waals surface area contributed by atoms with E-state index in [1.165, 1.54) is 0 Å². The minimum atomic E-state index is -0.113. The molecule has 5 nitrogen and oxygen atoms in total. The number of hydrogen-bond donors (Lipinski definition) is 2. The number of amides is 1. The van der Waals surface area contributed by atoms with Gasteiger partial charge in [-0.2, -0.15) is 0 Å². The van der Waals surface area contributed by atoms with Gasteiger partial charge in [0.15, 0.2) is 0 Å². The number of fused-ring (bicyclic) bond motifs is 1. The van der Waals surface area contributed by atoms with Crippen molar-refractivity contribution in [3.05, 3.63) is 90.3 Å². The summed E-state index contributed by atoms with van der Waals surface area (Å²) in [6, 6.07) is 20.7. The van der Waals surface area contributed by atoms with Crippen LogP contribution in [0.25, 0.3) is 10.9 Å². The standard InChI is InChI=1S/C21H17N3O2/c25-21(17-8-7-16-9-11-22-19(16)13-17)24-14-15-4-3-5-18(12-15)26-20-6-1-2-10-23-20/h1-13,22H,14H2,(H,24,25). The number of benzene rings is 2. The van der Waals surface area contributed by atoms with Crippen LogP contribution in [0.5, 0.6) is 11.6 Å². The van der Waals surface area contributed by atoms with E-state index in [1.54, 1.807) is 12.3 Å². The Balaban J connectivity index is 1.42. The van der Waals surface area contributed by atoms with Crippen molar-refractivity contribution in [3.63, 3.8) is 0 Å². The van der Waals surface area contributed by atoms with Crippen molar-refractivity contribution in [2.45, 2.75) is 6.54 Å². The minimum absolute atomic E-state index is 0.113. The molecule has 4 rings (SSSR count). The van der Waals surface area contributed by atoms with Gasteiger partial charge in [0, 0.05) is 36.1 Å². The van der Waals surface area contributed by atoms with Crippen LogP contribution < -0.4 is 10.1 Å². The number of aromatic amines is 1. The van der Waals surface area contributed by atoms with Crippen LogP contribution >= 0.6 is 0 Å². The Labute approximate surface area is 150 Å². The Kier molecular flexibility index (Phi) is 4.35. The lowest BCUT2D eigenvalue weighted by Crippen LogP contribution is -2.22. The predicted octanol–water partition coefficient (Wildman–Crippen LogP) is 4.29. The Hall–Kier alpha value is -3.60. The molecule has 0 aliphatic carbocycles. The normalized spacial score (nSPS) is 10.6. The van der Waals surface area contributed by atoms with Crippen molar-refractivity contribution >= 4 is 16.8 Å². The molecule has 0 aliphatic rings. The molecule has 0 fully saturated rings. The number of nitrogens with one attached hydrogen (secondary N) is 2. The van der Waals surface area contributed by atoms with E-state index < -0.39 is 0 Å². The minimum Gasteiger partial charge on any atom is -0.439 e. The second-order valence-corrected chi connectivity index (χ2v) is 5.88. The summed E-state index contributed by atoms with van der Waals surface area (Å²) in [5.74, 6) is 1.11. The summed E-state index contributed by atoms with van der Waals surface area (Å²) in [6.45, 7) is 0.418. The molecule has 26 heavy (non-hydrogen) atoms. The van der Waals surface area contributed by atoms with Gasteiger partial charge in [-0.05, 0) is 47.3 Å². The van der Waals surface area contributed by atoms with Crippen LogP contribution in [-0.4, -0.2) is 15.9 Å². The van der Waals surface area contributed by atoms with E-state index in [9.17, 15) is 4.79 Å². The molecule has 2 aromatic carbocycles. The summed E-state index contributed by atoms with van der Waals surface area (Å²) < 4.78 is 5.72. The molecule has 0 atom stereocenters. The summed E-state index contributed by atoms with van der Waals surface area (Å²) in [7, 11) is 0. The molecule has 2 N–H and O–H groups in total. The molecule has 0 radical (unpaired) electrons. The van der Waals surface area contributed by atoms with Gasteiger partial charge in [0.2, 0.25) is 5.88 Å². The zero-order valence-electron chi connectivity index (χ0n) is 14.0.